The van der Waals surface area contributed by atoms with Crippen LogP contribution in [0.5, 0.6) is 0 Å². The van der Waals surface area contributed by atoms with E-state index in [2.05, 4.69) is 18.7 Å². The average molecular weight is 228 g/mol. The number of fused-ring (bicyclic) bond motifs is 2. The van der Waals surface area contributed by atoms with E-state index in [0.717, 1.165) is 24.4 Å². The van der Waals surface area contributed by atoms with Crippen LogP contribution < -0.4 is 0 Å². The third-order valence-electron chi connectivity index (χ3n) is 5.02. The fourth-order valence-corrected chi connectivity index (χ4v) is 4.30. The van der Waals surface area contributed by atoms with Gasteiger partial charge >= 0.3 is 0 Å². The van der Waals surface area contributed by atoms with E-state index >= 15 is 0 Å². The summed E-state index contributed by atoms with van der Waals surface area (Å²) in [6.07, 6.45) is 5.96. The predicted molar refractivity (Wildman–Crippen MR) is 64.2 cm³/mol. The van der Waals surface area contributed by atoms with Gasteiger partial charge in [-0.2, -0.15) is 0 Å². The molecule has 86 valence electrons. The van der Waals surface area contributed by atoms with Crippen LogP contribution in [0.15, 0.2) is 0 Å². The first-order valence-electron chi connectivity index (χ1n) is 6.44. The van der Waals surface area contributed by atoms with Gasteiger partial charge in [-0.1, -0.05) is 20.3 Å². The molecule has 2 bridgehead atoms. The van der Waals surface area contributed by atoms with Crippen LogP contribution in [0.4, 0.5) is 0 Å². The number of hydrogen-bond acceptors (Lipinski definition) is 1. The molecule has 0 radical (unpaired) electrons. The summed E-state index contributed by atoms with van der Waals surface area (Å²) in [7, 11) is 0. The highest BCUT2D eigenvalue weighted by Crippen LogP contribution is 2.49. The molecule has 0 spiro atoms. The van der Waals surface area contributed by atoms with Crippen molar-refractivity contribution in [1.29, 1.82) is 0 Å². The van der Waals surface area contributed by atoms with Gasteiger partial charge in [0.1, 0.15) is 0 Å². The molecular formula is C13H22ClN. The Hall–Kier alpha value is 0.250. The molecule has 4 unspecified atom stereocenters. The molecule has 3 aliphatic rings. The minimum absolute atomic E-state index is 0.323. The number of likely N-dealkylation sites (tertiary alicyclic amines) is 1. The summed E-state index contributed by atoms with van der Waals surface area (Å²) in [4.78, 5) is 2.70. The van der Waals surface area contributed by atoms with Crippen LogP contribution in [0.2, 0.25) is 0 Å². The van der Waals surface area contributed by atoms with Crippen molar-refractivity contribution in [2.45, 2.75) is 50.9 Å². The van der Waals surface area contributed by atoms with Crippen LogP contribution in [-0.4, -0.2) is 29.4 Å². The Morgan fingerprint density at radius 3 is 2.47 bits per heavy atom. The molecular weight excluding hydrogens is 206 g/mol. The third-order valence-corrected chi connectivity index (χ3v) is 5.75. The highest BCUT2D eigenvalue weighted by atomic mass is 35.5. The lowest BCUT2D eigenvalue weighted by atomic mass is 9.91. The summed E-state index contributed by atoms with van der Waals surface area (Å²) < 4.78 is 0. The van der Waals surface area contributed by atoms with E-state index < -0.39 is 0 Å². The molecule has 1 nitrogen and oxygen atoms in total. The molecule has 4 atom stereocenters. The topological polar surface area (TPSA) is 3.24 Å². The SMILES string of the molecule is CC1(C)CN(C2CC3CCC2C3)CC1Cl. The Kier molecular flexibility index (Phi) is 2.34. The fourth-order valence-electron chi connectivity index (χ4n) is 4.05. The molecule has 3 fully saturated rings. The van der Waals surface area contributed by atoms with E-state index in [1.807, 2.05) is 0 Å². The Balaban J connectivity index is 1.70. The van der Waals surface area contributed by atoms with Crippen LogP contribution in [0.3, 0.4) is 0 Å². The van der Waals surface area contributed by atoms with Gasteiger partial charge in [0.15, 0.2) is 0 Å². The lowest BCUT2D eigenvalue weighted by molar-refractivity contribution is 0.160. The molecule has 15 heavy (non-hydrogen) atoms. The molecule has 0 aromatic rings. The van der Waals surface area contributed by atoms with Gasteiger partial charge in [0, 0.05) is 19.1 Å². The molecule has 3 rings (SSSR count). The lowest BCUT2D eigenvalue weighted by Gasteiger charge is -2.32. The Bertz CT molecular complexity index is 263. The van der Waals surface area contributed by atoms with Crippen LogP contribution in [0.1, 0.15) is 39.5 Å². The largest absolute Gasteiger partial charge is 0.298 e. The zero-order valence-corrected chi connectivity index (χ0v) is 10.6. The Morgan fingerprint density at radius 1 is 1.20 bits per heavy atom. The molecule has 2 aliphatic carbocycles. The number of halogens is 1. The number of rotatable bonds is 1. The Morgan fingerprint density at radius 2 is 2.00 bits per heavy atom. The summed E-state index contributed by atoms with van der Waals surface area (Å²) in [6, 6.07) is 0.881. The maximum absolute atomic E-state index is 6.44. The molecule has 0 N–H and O–H groups in total. The van der Waals surface area contributed by atoms with Crippen molar-refractivity contribution in [2.75, 3.05) is 13.1 Å². The first-order valence-corrected chi connectivity index (χ1v) is 6.88. The van der Waals surface area contributed by atoms with Crippen molar-refractivity contribution in [3.63, 3.8) is 0 Å². The fraction of sp³-hybridized carbons (Fsp3) is 1.00. The standard InChI is InChI=1S/C13H22ClN/c1-13(2)8-15(7-12(13)14)11-6-9-3-4-10(11)5-9/h9-12H,3-8H2,1-2H3. The molecule has 2 saturated carbocycles. The number of nitrogens with zero attached hydrogens (tertiary/aromatic N) is 1. The average Bonchev–Trinajstić information content (AvgIpc) is 2.81. The number of alkyl halides is 1. The second-order valence-electron chi connectivity index (χ2n) is 6.63. The van der Waals surface area contributed by atoms with Gasteiger partial charge in [0.2, 0.25) is 0 Å². The summed E-state index contributed by atoms with van der Waals surface area (Å²) in [5.74, 6) is 2.06. The quantitative estimate of drug-likeness (QED) is 0.623. The summed E-state index contributed by atoms with van der Waals surface area (Å²) in [6.45, 7) is 6.98. The van der Waals surface area contributed by atoms with Gasteiger partial charge in [-0.15, -0.1) is 11.6 Å². The van der Waals surface area contributed by atoms with E-state index in [4.69, 9.17) is 11.6 Å². The molecule has 2 heteroatoms. The van der Waals surface area contributed by atoms with Crippen molar-refractivity contribution in [2.24, 2.45) is 17.3 Å². The van der Waals surface area contributed by atoms with Crippen molar-refractivity contribution in [3.8, 4) is 0 Å². The van der Waals surface area contributed by atoms with Gasteiger partial charge in [0.05, 0.1) is 5.38 Å². The Labute approximate surface area is 98.2 Å². The minimum Gasteiger partial charge on any atom is -0.298 e. The molecule has 1 aliphatic heterocycles. The summed E-state index contributed by atoms with van der Waals surface area (Å²) in [5, 5.41) is 0.358. The van der Waals surface area contributed by atoms with Crippen molar-refractivity contribution < 1.29 is 0 Å². The highest BCUT2D eigenvalue weighted by Gasteiger charge is 2.47. The maximum Gasteiger partial charge on any atom is 0.0526 e. The van der Waals surface area contributed by atoms with Crippen LogP contribution in [0.25, 0.3) is 0 Å². The van der Waals surface area contributed by atoms with Crippen LogP contribution in [0, 0.1) is 17.3 Å². The van der Waals surface area contributed by atoms with Crippen molar-refractivity contribution >= 4 is 11.6 Å². The summed E-state index contributed by atoms with van der Waals surface area (Å²) in [5.41, 5.74) is 0.323. The van der Waals surface area contributed by atoms with Gasteiger partial charge in [-0.3, -0.25) is 4.90 Å². The lowest BCUT2D eigenvalue weighted by Crippen LogP contribution is -2.38. The molecule has 0 amide bonds. The third kappa shape index (κ3) is 1.63. The van der Waals surface area contributed by atoms with Gasteiger partial charge in [-0.05, 0) is 36.5 Å². The molecule has 0 aromatic heterocycles. The van der Waals surface area contributed by atoms with Crippen molar-refractivity contribution in [3.05, 3.63) is 0 Å². The molecule has 1 saturated heterocycles. The van der Waals surface area contributed by atoms with E-state index in [1.165, 1.54) is 32.2 Å². The monoisotopic (exact) mass is 227 g/mol. The van der Waals surface area contributed by atoms with Gasteiger partial charge in [0.25, 0.3) is 0 Å². The smallest absolute Gasteiger partial charge is 0.0526 e. The zero-order valence-electron chi connectivity index (χ0n) is 9.88. The highest BCUT2D eigenvalue weighted by molar-refractivity contribution is 6.21. The van der Waals surface area contributed by atoms with Crippen molar-refractivity contribution in [1.82, 2.24) is 4.90 Å². The van der Waals surface area contributed by atoms with E-state index in [1.54, 1.807) is 0 Å². The normalized spacial score (nSPS) is 49.0. The predicted octanol–water partition coefficient (Wildman–Crippen LogP) is 3.12. The summed E-state index contributed by atoms with van der Waals surface area (Å²) >= 11 is 6.44. The first kappa shape index (κ1) is 10.4. The second-order valence-corrected chi connectivity index (χ2v) is 7.15. The van der Waals surface area contributed by atoms with Crippen LogP contribution in [-0.2, 0) is 0 Å². The van der Waals surface area contributed by atoms with E-state index in [9.17, 15) is 0 Å². The second kappa shape index (κ2) is 3.37. The van der Waals surface area contributed by atoms with Crippen LogP contribution >= 0.6 is 11.6 Å². The maximum atomic E-state index is 6.44. The zero-order chi connectivity index (χ0) is 10.6. The molecule has 0 aromatic carbocycles. The van der Waals surface area contributed by atoms with E-state index in [-0.39, 0.29) is 0 Å². The minimum atomic E-state index is 0.323. The molecule has 1 heterocycles. The van der Waals surface area contributed by atoms with Gasteiger partial charge < -0.3 is 0 Å². The first-order chi connectivity index (χ1) is 7.06. The number of hydrogen-bond donors (Lipinski definition) is 0. The van der Waals surface area contributed by atoms with Gasteiger partial charge in [-0.25, -0.2) is 0 Å². The van der Waals surface area contributed by atoms with E-state index in [0.29, 0.717) is 10.8 Å².